The van der Waals surface area contributed by atoms with Crippen LogP contribution in [0.15, 0.2) is 41.8 Å². The minimum Gasteiger partial charge on any atom is -0.497 e. The number of benzene rings is 1. The molecule has 0 unspecified atom stereocenters. The third-order valence-electron chi connectivity index (χ3n) is 3.18. The van der Waals surface area contributed by atoms with E-state index in [0.29, 0.717) is 5.15 Å². The Balaban J connectivity index is 1.88. The zero-order valence-electron chi connectivity index (χ0n) is 11.7. The molecule has 2 heterocycles. The van der Waals surface area contributed by atoms with Crippen molar-refractivity contribution in [2.24, 2.45) is 7.05 Å². The van der Waals surface area contributed by atoms with E-state index in [9.17, 15) is 0 Å². The van der Waals surface area contributed by atoms with Gasteiger partial charge in [-0.15, -0.1) is 0 Å². The van der Waals surface area contributed by atoms with Gasteiger partial charge < -0.3 is 9.30 Å². The van der Waals surface area contributed by atoms with Crippen molar-refractivity contribution in [1.29, 1.82) is 0 Å². The third kappa shape index (κ3) is 2.99. The minimum absolute atomic E-state index is 0.525. The molecule has 0 aliphatic rings. The number of thioether (sulfide) groups is 1. The van der Waals surface area contributed by atoms with Gasteiger partial charge in [-0.3, -0.25) is 0 Å². The standard InChI is InChI=1S/C15H14ClN3OS/c1-19-6-5-17-15(19)21-9-11-7-10-3-4-12(20-2)8-13(10)18-14(11)16/h3-8H,9H2,1-2H3. The first kappa shape index (κ1) is 14.2. The maximum atomic E-state index is 6.29. The van der Waals surface area contributed by atoms with E-state index in [4.69, 9.17) is 16.3 Å². The summed E-state index contributed by atoms with van der Waals surface area (Å²) < 4.78 is 7.19. The molecule has 2 aromatic heterocycles. The molecule has 0 fully saturated rings. The lowest BCUT2D eigenvalue weighted by molar-refractivity contribution is 0.415. The highest BCUT2D eigenvalue weighted by atomic mass is 35.5. The Morgan fingerprint density at radius 3 is 2.90 bits per heavy atom. The summed E-state index contributed by atoms with van der Waals surface area (Å²) in [6.45, 7) is 0. The van der Waals surface area contributed by atoms with Gasteiger partial charge in [-0.05, 0) is 18.2 Å². The number of aromatic nitrogens is 3. The number of hydrogen-bond donors (Lipinski definition) is 0. The molecule has 21 heavy (non-hydrogen) atoms. The number of ether oxygens (including phenoxy) is 1. The van der Waals surface area contributed by atoms with E-state index >= 15 is 0 Å². The molecular formula is C15H14ClN3OS. The Hall–Kier alpha value is -1.72. The number of imidazole rings is 1. The van der Waals surface area contributed by atoms with Gasteiger partial charge in [0, 0.05) is 42.2 Å². The van der Waals surface area contributed by atoms with E-state index in [1.807, 2.05) is 36.0 Å². The second-order valence-electron chi connectivity index (χ2n) is 4.61. The van der Waals surface area contributed by atoms with E-state index in [-0.39, 0.29) is 0 Å². The Bertz CT molecular complexity index is 788. The molecular weight excluding hydrogens is 306 g/mol. The van der Waals surface area contributed by atoms with Gasteiger partial charge in [0.2, 0.25) is 0 Å². The molecule has 0 aliphatic carbocycles. The van der Waals surface area contributed by atoms with E-state index in [1.165, 1.54) is 0 Å². The largest absolute Gasteiger partial charge is 0.497 e. The summed E-state index contributed by atoms with van der Waals surface area (Å²) >= 11 is 7.93. The van der Waals surface area contributed by atoms with Crippen molar-refractivity contribution in [2.45, 2.75) is 10.9 Å². The summed E-state index contributed by atoms with van der Waals surface area (Å²) in [6, 6.07) is 7.87. The molecule has 0 saturated carbocycles. The van der Waals surface area contributed by atoms with Crippen molar-refractivity contribution < 1.29 is 4.74 Å². The van der Waals surface area contributed by atoms with Crippen molar-refractivity contribution in [2.75, 3.05) is 7.11 Å². The normalized spacial score (nSPS) is 11.0. The van der Waals surface area contributed by atoms with Crippen molar-refractivity contribution in [1.82, 2.24) is 14.5 Å². The maximum Gasteiger partial charge on any atom is 0.167 e. The SMILES string of the molecule is COc1ccc2cc(CSc3nccn3C)c(Cl)nc2c1. The number of aryl methyl sites for hydroxylation is 1. The van der Waals surface area contributed by atoms with E-state index in [1.54, 1.807) is 25.1 Å². The molecule has 0 aliphatic heterocycles. The fourth-order valence-corrected chi connectivity index (χ4v) is 3.22. The second-order valence-corrected chi connectivity index (χ2v) is 5.91. The van der Waals surface area contributed by atoms with Gasteiger partial charge in [0.25, 0.3) is 0 Å². The lowest BCUT2D eigenvalue weighted by Gasteiger charge is -2.07. The Morgan fingerprint density at radius 2 is 2.19 bits per heavy atom. The van der Waals surface area contributed by atoms with Crippen LogP contribution in [-0.4, -0.2) is 21.6 Å². The van der Waals surface area contributed by atoms with Crippen molar-refractivity contribution in [3.63, 3.8) is 0 Å². The fourth-order valence-electron chi connectivity index (χ4n) is 2.03. The number of halogens is 1. The van der Waals surface area contributed by atoms with E-state index < -0.39 is 0 Å². The summed E-state index contributed by atoms with van der Waals surface area (Å²) in [5, 5.41) is 2.54. The van der Waals surface area contributed by atoms with Gasteiger partial charge in [0.1, 0.15) is 10.9 Å². The van der Waals surface area contributed by atoms with Crippen LogP contribution in [0.5, 0.6) is 5.75 Å². The lowest BCUT2D eigenvalue weighted by Crippen LogP contribution is -1.93. The van der Waals surface area contributed by atoms with Gasteiger partial charge in [-0.25, -0.2) is 9.97 Å². The molecule has 6 heteroatoms. The van der Waals surface area contributed by atoms with Crippen LogP contribution in [0.1, 0.15) is 5.56 Å². The van der Waals surface area contributed by atoms with Gasteiger partial charge in [0.15, 0.2) is 5.16 Å². The molecule has 4 nitrogen and oxygen atoms in total. The first-order valence-corrected chi connectivity index (χ1v) is 7.77. The average molecular weight is 320 g/mol. The molecule has 3 aromatic rings. The molecule has 0 radical (unpaired) electrons. The predicted molar refractivity (Wildman–Crippen MR) is 86.1 cm³/mol. The van der Waals surface area contributed by atoms with Crippen molar-refractivity contribution in [3.05, 3.63) is 47.4 Å². The van der Waals surface area contributed by atoms with Crippen molar-refractivity contribution in [3.8, 4) is 5.75 Å². The number of fused-ring (bicyclic) bond motifs is 1. The summed E-state index contributed by atoms with van der Waals surface area (Å²) in [4.78, 5) is 8.74. The molecule has 1 aromatic carbocycles. The molecule has 108 valence electrons. The van der Waals surface area contributed by atoms with E-state index in [0.717, 1.165) is 33.1 Å². The van der Waals surface area contributed by atoms with Crippen LogP contribution < -0.4 is 4.74 Å². The Morgan fingerprint density at radius 1 is 1.33 bits per heavy atom. The van der Waals surface area contributed by atoms with Crippen LogP contribution in [0, 0.1) is 0 Å². The third-order valence-corrected chi connectivity index (χ3v) is 4.62. The zero-order valence-corrected chi connectivity index (χ0v) is 13.3. The van der Waals surface area contributed by atoms with Crippen LogP contribution in [0.25, 0.3) is 10.9 Å². The molecule has 0 spiro atoms. The predicted octanol–water partition coefficient (Wildman–Crippen LogP) is 3.92. The number of rotatable bonds is 4. The van der Waals surface area contributed by atoms with Crippen LogP contribution in [-0.2, 0) is 12.8 Å². The van der Waals surface area contributed by atoms with Crippen LogP contribution >= 0.6 is 23.4 Å². The molecule has 0 atom stereocenters. The first-order chi connectivity index (χ1) is 10.2. The highest BCUT2D eigenvalue weighted by Crippen LogP contribution is 2.28. The van der Waals surface area contributed by atoms with Crippen LogP contribution in [0.2, 0.25) is 5.15 Å². The maximum absolute atomic E-state index is 6.29. The van der Waals surface area contributed by atoms with Gasteiger partial charge in [0.05, 0.1) is 12.6 Å². The van der Waals surface area contributed by atoms with Gasteiger partial charge in [-0.1, -0.05) is 23.4 Å². The number of pyridine rings is 1. The Kier molecular flexibility index (Phi) is 4.03. The van der Waals surface area contributed by atoms with Crippen molar-refractivity contribution >= 4 is 34.3 Å². The molecule has 0 N–H and O–H groups in total. The topological polar surface area (TPSA) is 39.9 Å². The summed E-state index contributed by atoms with van der Waals surface area (Å²) in [7, 11) is 3.61. The monoisotopic (exact) mass is 319 g/mol. The lowest BCUT2D eigenvalue weighted by atomic mass is 10.1. The fraction of sp³-hybridized carbons (Fsp3) is 0.200. The quantitative estimate of drug-likeness (QED) is 0.540. The first-order valence-electron chi connectivity index (χ1n) is 6.40. The number of hydrogen-bond acceptors (Lipinski definition) is 4. The van der Waals surface area contributed by atoms with E-state index in [2.05, 4.69) is 16.0 Å². The number of nitrogens with zero attached hydrogens (tertiary/aromatic N) is 3. The molecule has 0 saturated heterocycles. The Labute approximate surface area is 132 Å². The highest BCUT2D eigenvalue weighted by Gasteiger charge is 2.08. The molecule has 3 rings (SSSR count). The van der Waals surface area contributed by atoms with Gasteiger partial charge >= 0.3 is 0 Å². The summed E-state index contributed by atoms with van der Waals surface area (Å²) in [6.07, 6.45) is 3.71. The molecule has 0 bridgehead atoms. The highest BCUT2D eigenvalue weighted by molar-refractivity contribution is 7.98. The smallest absolute Gasteiger partial charge is 0.167 e. The number of methoxy groups -OCH3 is 1. The van der Waals surface area contributed by atoms with Gasteiger partial charge in [-0.2, -0.15) is 0 Å². The summed E-state index contributed by atoms with van der Waals surface area (Å²) in [5.41, 5.74) is 1.84. The molecule has 0 amide bonds. The summed E-state index contributed by atoms with van der Waals surface area (Å²) in [5.74, 6) is 1.51. The zero-order chi connectivity index (χ0) is 14.8. The minimum atomic E-state index is 0.525. The van der Waals surface area contributed by atoms with Crippen LogP contribution in [0.4, 0.5) is 0 Å². The average Bonchev–Trinajstić information content (AvgIpc) is 2.90. The van der Waals surface area contributed by atoms with Crippen LogP contribution in [0.3, 0.4) is 0 Å². The second kappa shape index (κ2) is 5.95.